The van der Waals surface area contributed by atoms with Gasteiger partial charge in [0, 0.05) is 0 Å². The normalized spacial score (nSPS) is 16.9. The Morgan fingerprint density at radius 1 is 1.17 bits per heavy atom. The molecule has 7 nitrogen and oxygen atoms in total. The second-order valence-corrected chi connectivity index (χ2v) is 11.2. The van der Waals surface area contributed by atoms with Gasteiger partial charge >= 0.3 is 0 Å². The molecule has 10 heteroatoms. The molecule has 1 saturated heterocycles. The Hall–Kier alpha value is -1.78. The molecule has 0 unspecified atom stereocenters. The van der Waals surface area contributed by atoms with Crippen LogP contribution < -0.4 is 10.2 Å². The van der Waals surface area contributed by atoms with E-state index in [-0.39, 0.29) is 22.4 Å². The molecular formula is C20H25ClN3O4S2+. The number of hydrogen-bond acceptors (Lipinski definition) is 5. The third kappa shape index (κ3) is 5.89. The Morgan fingerprint density at radius 2 is 1.83 bits per heavy atom. The summed E-state index contributed by atoms with van der Waals surface area (Å²) < 4.78 is 27.5. The standard InChI is InChI=1S/C20H24ClN3O4S2/c1-15(25)17(13-16-5-3-2-4-6-16)22-19(26)14-23-9-11-24(12-10-23)30(27,28)20-8-7-18(21)29-20/h2-8,17H,9-14H2,1H3,(H,22,26)/p+1/t17-/m1/s1. The molecule has 3 rings (SSSR count). The van der Waals surface area contributed by atoms with Crippen LogP contribution in [0.25, 0.3) is 0 Å². The van der Waals surface area contributed by atoms with Crippen molar-refractivity contribution in [2.24, 2.45) is 0 Å². The second kappa shape index (κ2) is 10.0. The van der Waals surface area contributed by atoms with E-state index in [1.54, 1.807) is 6.07 Å². The van der Waals surface area contributed by atoms with E-state index in [4.69, 9.17) is 11.6 Å². The number of benzene rings is 1. The summed E-state index contributed by atoms with van der Waals surface area (Å²) in [4.78, 5) is 25.4. The van der Waals surface area contributed by atoms with Crippen molar-refractivity contribution >= 4 is 44.7 Å². The van der Waals surface area contributed by atoms with Crippen molar-refractivity contribution in [3.63, 3.8) is 0 Å². The number of carbonyl (C=O) groups is 2. The van der Waals surface area contributed by atoms with Gasteiger partial charge in [0.1, 0.15) is 4.21 Å². The fourth-order valence-electron chi connectivity index (χ4n) is 3.40. The van der Waals surface area contributed by atoms with E-state index >= 15 is 0 Å². The van der Waals surface area contributed by atoms with E-state index in [1.165, 1.54) is 17.3 Å². The first-order valence-electron chi connectivity index (χ1n) is 9.68. The topological polar surface area (TPSA) is 88.0 Å². The van der Waals surface area contributed by atoms with Gasteiger partial charge in [-0.15, -0.1) is 11.3 Å². The Bertz CT molecular complexity index is 986. The fourth-order valence-corrected chi connectivity index (χ4v) is 6.48. The number of hydrogen-bond donors (Lipinski definition) is 2. The van der Waals surface area contributed by atoms with Gasteiger partial charge in [0.2, 0.25) is 0 Å². The summed E-state index contributed by atoms with van der Waals surface area (Å²) in [5.74, 6) is -0.296. The van der Waals surface area contributed by atoms with Crippen LogP contribution in [0.2, 0.25) is 4.34 Å². The summed E-state index contributed by atoms with van der Waals surface area (Å²) in [5.41, 5.74) is 0.984. The Balaban J connectivity index is 1.51. The minimum atomic E-state index is -3.55. The second-order valence-electron chi connectivity index (χ2n) is 7.31. The molecule has 2 heterocycles. The van der Waals surface area contributed by atoms with Crippen molar-refractivity contribution in [2.45, 2.75) is 23.6 Å². The Morgan fingerprint density at radius 3 is 2.40 bits per heavy atom. The smallest absolute Gasteiger partial charge is 0.275 e. The summed E-state index contributed by atoms with van der Waals surface area (Å²) in [7, 11) is -3.55. The first kappa shape index (κ1) is 22.9. The molecule has 2 N–H and O–H groups in total. The number of quaternary nitrogens is 1. The molecule has 0 radical (unpaired) electrons. The third-order valence-electron chi connectivity index (χ3n) is 5.09. The van der Waals surface area contributed by atoms with Crippen LogP contribution in [-0.4, -0.2) is 63.2 Å². The largest absolute Gasteiger partial charge is 0.341 e. The van der Waals surface area contributed by atoms with Gasteiger partial charge in [-0.1, -0.05) is 41.9 Å². The third-order valence-corrected chi connectivity index (χ3v) is 8.69. The van der Waals surface area contributed by atoms with Crippen molar-refractivity contribution in [1.29, 1.82) is 0 Å². The summed E-state index contributed by atoms with van der Waals surface area (Å²) in [6, 6.07) is 12.1. The van der Waals surface area contributed by atoms with Crippen LogP contribution in [0.3, 0.4) is 0 Å². The molecule has 162 valence electrons. The molecule has 1 fully saturated rings. The molecule has 0 aliphatic carbocycles. The number of nitrogens with zero attached hydrogens (tertiary/aromatic N) is 1. The minimum Gasteiger partial charge on any atom is -0.341 e. The van der Waals surface area contributed by atoms with Gasteiger partial charge in [-0.05, 0) is 31.0 Å². The van der Waals surface area contributed by atoms with Crippen molar-refractivity contribution < 1.29 is 22.9 Å². The summed E-state index contributed by atoms with van der Waals surface area (Å²) >= 11 is 6.91. The highest BCUT2D eigenvalue weighted by Crippen LogP contribution is 2.27. The lowest BCUT2D eigenvalue weighted by Gasteiger charge is -2.31. The maximum Gasteiger partial charge on any atom is 0.275 e. The van der Waals surface area contributed by atoms with Crippen LogP contribution in [-0.2, 0) is 26.0 Å². The predicted molar refractivity (Wildman–Crippen MR) is 116 cm³/mol. The van der Waals surface area contributed by atoms with Gasteiger partial charge in [0.15, 0.2) is 12.3 Å². The zero-order chi connectivity index (χ0) is 21.7. The van der Waals surface area contributed by atoms with Crippen LogP contribution >= 0.6 is 22.9 Å². The van der Waals surface area contributed by atoms with Crippen LogP contribution in [0.15, 0.2) is 46.7 Å². The zero-order valence-electron chi connectivity index (χ0n) is 16.6. The lowest BCUT2D eigenvalue weighted by molar-refractivity contribution is -0.895. The van der Waals surface area contributed by atoms with E-state index in [9.17, 15) is 18.0 Å². The molecule has 1 aliphatic heterocycles. The highest BCUT2D eigenvalue weighted by molar-refractivity contribution is 7.91. The quantitative estimate of drug-likeness (QED) is 0.591. The molecule has 0 spiro atoms. The van der Waals surface area contributed by atoms with Gasteiger partial charge in [-0.2, -0.15) is 4.31 Å². The number of amides is 1. The average molecular weight is 471 g/mol. The first-order chi connectivity index (χ1) is 14.3. The molecule has 1 amide bonds. The number of carbonyl (C=O) groups excluding carboxylic acids is 2. The summed E-state index contributed by atoms with van der Waals surface area (Å²) in [6.45, 7) is 3.39. The Kier molecular flexibility index (Phi) is 7.65. The zero-order valence-corrected chi connectivity index (χ0v) is 19.0. The lowest BCUT2D eigenvalue weighted by Crippen LogP contribution is -3.15. The van der Waals surface area contributed by atoms with Gasteiger partial charge in [-0.25, -0.2) is 8.42 Å². The monoisotopic (exact) mass is 470 g/mol. The van der Waals surface area contributed by atoms with E-state index in [0.717, 1.165) is 21.8 Å². The van der Waals surface area contributed by atoms with Crippen LogP contribution in [0.1, 0.15) is 12.5 Å². The predicted octanol–water partition coefficient (Wildman–Crippen LogP) is 0.607. The number of sulfonamides is 1. The number of Topliss-reactive ketones (excluding diaryl/α,β-unsaturated/α-hetero) is 1. The number of halogens is 1. The van der Waals surface area contributed by atoms with Crippen LogP contribution in [0.4, 0.5) is 0 Å². The number of ketones is 1. The SMILES string of the molecule is CC(=O)[C@@H](Cc1ccccc1)NC(=O)C[NH+]1CCN(S(=O)(=O)c2ccc(Cl)s2)CC1. The molecule has 1 atom stereocenters. The van der Waals surface area contributed by atoms with E-state index in [1.807, 2.05) is 30.3 Å². The molecule has 2 aromatic rings. The maximum atomic E-state index is 12.7. The van der Waals surface area contributed by atoms with Gasteiger partial charge in [-0.3, -0.25) is 9.59 Å². The van der Waals surface area contributed by atoms with Crippen LogP contribution in [0.5, 0.6) is 0 Å². The number of nitrogens with one attached hydrogen (secondary N) is 2. The Labute approximate surface area is 185 Å². The maximum absolute atomic E-state index is 12.7. The van der Waals surface area contributed by atoms with E-state index in [0.29, 0.717) is 36.9 Å². The number of piperazine rings is 1. The lowest BCUT2D eigenvalue weighted by atomic mass is 10.0. The first-order valence-corrected chi connectivity index (χ1v) is 12.3. The molecule has 0 saturated carbocycles. The highest BCUT2D eigenvalue weighted by atomic mass is 35.5. The van der Waals surface area contributed by atoms with Crippen molar-refractivity contribution in [1.82, 2.24) is 9.62 Å². The van der Waals surface area contributed by atoms with Crippen molar-refractivity contribution in [3.05, 3.63) is 52.4 Å². The fraction of sp³-hybridized carbons (Fsp3) is 0.400. The number of thiophene rings is 1. The van der Waals surface area contributed by atoms with Crippen molar-refractivity contribution in [2.75, 3.05) is 32.7 Å². The van der Waals surface area contributed by atoms with Crippen molar-refractivity contribution in [3.8, 4) is 0 Å². The van der Waals surface area contributed by atoms with Crippen LogP contribution in [0, 0.1) is 0 Å². The molecule has 1 aromatic heterocycles. The minimum absolute atomic E-state index is 0.0901. The average Bonchev–Trinajstić information content (AvgIpc) is 3.16. The molecular weight excluding hydrogens is 446 g/mol. The molecule has 1 aliphatic rings. The van der Waals surface area contributed by atoms with Gasteiger partial charge in [0.25, 0.3) is 15.9 Å². The molecule has 1 aromatic carbocycles. The van der Waals surface area contributed by atoms with Gasteiger partial charge in [0.05, 0.1) is 36.6 Å². The van der Waals surface area contributed by atoms with Gasteiger partial charge < -0.3 is 10.2 Å². The summed E-state index contributed by atoms with van der Waals surface area (Å²) in [6.07, 6.45) is 0.451. The van der Waals surface area contributed by atoms with E-state index < -0.39 is 16.1 Å². The highest BCUT2D eigenvalue weighted by Gasteiger charge is 2.32. The number of rotatable bonds is 8. The van der Waals surface area contributed by atoms with E-state index in [2.05, 4.69) is 5.32 Å². The molecule has 30 heavy (non-hydrogen) atoms. The molecule has 0 bridgehead atoms. The summed E-state index contributed by atoms with van der Waals surface area (Å²) in [5, 5.41) is 2.83.